The van der Waals surface area contributed by atoms with Crippen LogP contribution in [0, 0.1) is 6.92 Å². The number of carbonyl (C=O) groups is 2. The van der Waals surface area contributed by atoms with Gasteiger partial charge in [0.15, 0.2) is 0 Å². The van der Waals surface area contributed by atoms with Crippen LogP contribution in [-0.4, -0.2) is 28.6 Å². The molecule has 0 radical (unpaired) electrons. The fourth-order valence-corrected chi connectivity index (χ4v) is 2.60. The Labute approximate surface area is 132 Å². The molecule has 1 fully saturated rings. The molecule has 0 unspecified atom stereocenters. The number of amides is 2. The zero-order valence-electron chi connectivity index (χ0n) is 12.6. The predicted molar refractivity (Wildman–Crippen MR) is 85.6 cm³/mol. The van der Waals surface area contributed by atoms with Gasteiger partial charge in [0.25, 0.3) is 11.5 Å². The number of carbonyl (C=O) groups excluding carboxylic acids is 2. The number of anilines is 2. The van der Waals surface area contributed by atoms with E-state index >= 15 is 0 Å². The molecular weight excluding hydrogens is 296 g/mol. The third-order valence-corrected chi connectivity index (χ3v) is 3.73. The number of benzene rings is 1. The molecule has 0 aliphatic carbocycles. The average molecular weight is 312 g/mol. The Bertz CT molecular complexity index is 808. The van der Waals surface area contributed by atoms with Crippen molar-refractivity contribution in [3.8, 4) is 0 Å². The number of aromatic nitrogens is 2. The third-order valence-electron chi connectivity index (χ3n) is 3.73. The van der Waals surface area contributed by atoms with Gasteiger partial charge in [0.2, 0.25) is 5.91 Å². The van der Waals surface area contributed by atoms with E-state index in [1.807, 2.05) is 19.1 Å². The molecule has 1 aromatic heterocycles. The Morgan fingerprint density at radius 3 is 2.70 bits per heavy atom. The van der Waals surface area contributed by atoms with Gasteiger partial charge in [-0.25, -0.2) is 5.10 Å². The summed E-state index contributed by atoms with van der Waals surface area (Å²) in [5.74, 6) is -0.284. The summed E-state index contributed by atoms with van der Waals surface area (Å²) >= 11 is 0. The Morgan fingerprint density at radius 1 is 1.26 bits per heavy atom. The minimum absolute atomic E-state index is 0.126. The van der Waals surface area contributed by atoms with Crippen molar-refractivity contribution in [2.45, 2.75) is 19.8 Å². The molecule has 3 rings (SSSR count). The lowest BCUT2D eigenvalue weighted by Gasteiger charge is -2.19. The van der Waals surface area contributed by atoms with Crippen molar-refractivity contribution in [3.63, 3.8) is 0 Å². The SMILES string of the molecule is Cc1cc(NC(=O)c2ccc(=O)[nH]n2)ccc1N1CCCC1=O. The minimum Gasteiger partial charge on any atom is -0.321 e. The zero-order valence-corrected chi connectivity index (χ0v) is 12.6. The van der Waals surface area contributed by atoms with Crippen molar-refractivity contribution in [3.05, 3.63) is 51.9 Å². The number of aromatic amines is 1. The molecule has 2 amide bonds. The molecule has 0 atom stereocenters. The normalized spacial score (nSPS) is 14.1. The van der Waals surface area contributed by atoms with Crippen LogP contribution in [0.3, 0.4) is 0 Å². The van der Waals surface area contributed by atoms with Gasteiger partial charge in [0.05, 0.1) is 0 Å². The highest BCUT2D eigenvalue weighted by Gasteiger charge is 2.23. The van der Waals surface area contributed by atoms with Crippen LogP contribution in [0.4, 0.5) is 11.4 Å². The first-order valence-electron chi connectivity index (χ1n) is 7.33. The van der Waals surface area contributed by atoms with E-state index < -0.39 is 5.91 Å². The first kappa shape index (κ1) is 15.0. The Morgan fingerprint density at radius 2 is 2.09 bits per heavy atom. The summed E-state index contributed by atoms with van der Waals surface area (Å²) < 4.78 is 0. The second-order valence-corrected chi connectivity index (χ2v) is 5.41. The van der Waals surface area contributed by atoms with Crippen molar-refractivity contribution in [1.82, 2.24) is 10.2 Å². The second-order valence-electron chi connectivity index (χ2n) is 5.41. The van der Waals surface area contributed by atoms with Crippen LogP contribution in [-0.2, 0) is 4.79 Å². The molecule has 2 N–H and O–H groups in total. The highest BCUT2D eigenvalue weighted by atomic mass is 16.2. The molecule has 1 aliphatic heterocycles. The quantitative estimate of drug-likeness (QED) is 0.897. The van der Waals surface area contributed by atoms with Gasteiger partial charge in [-0.1, -0.05) is 0 Å². The van der Waals surface area contributed by atoms with Crippen LogP contribution in [0.15, 0.2) is 35.1 Å². The lowest BCUT2D eigenvalue weighted by atomic mass is 10.1. The molecule has 2 heterocycles. The van der Waals surface area contributed by atoms with Gasteiger partial charge in [-0.2, -0.15) is 5.10 Å². The molecule has 0 spiro atoms. The van der Waals surface area contributed by atoms with E-state index in [0.717, 1.165) is 24.2 Å². The fraction of sp³-hybridized carbons (Fsp3) is 0.250. The van der Waals surface area contributed by atoms with Gasteiger partial charge in [0.1, 0.15) is 5.69 Å². The van der Waals surface area contributed by atoms with Crippen LogP contribution < -0.4 is 15.8 Å². The summed E-state index contributed by atoms with van der Waals surface area (Å²) in [4.78, 5) is 36.6. The van der Waals surface area contributed by atoms with Crippen LogP contribution in [0.1, 0.15) is 28.9 Å². The highest BCUT2D eigenvalue weighted by molar-refractivity contribution is 6.03. The van der Waals surface area contributed by atoms with Gasteiger partial charge in [0, 0.05) is 30.4 Å². The number of aryl methyl sites for hydroxylation is 1. The van der Waals surface area contributed by atoms with Gasteiger partial charge in [-0.15, -0.1) is 0 Å². The summed E-state index contributed by atoms with van der Waals surface area (Å²) in [5, 5.41) is 8.62. The summed E-state index contributed by atoms with van der Waals surface area (Å²) in [5.41, 5.74) is 2.15. The summed E-state index contributed by atoms with van der Waals surface area (Å²) in [6.07, 6.45) is 1.45. The topological polar surface area (TPSA) is 95.2 Å². The van der Waals surface area contributed by atoms with E-state index in [1.54, 1.807) is 11.0 Å². The maximum Gasteiger partial charge on any atom is 0.276 e. The van der Waals surface area contributed by atoms with E-state index in [2.05, 4.69) is 15.5 Å². The van der Waals surface area contributed by atoms with Crippen LogP contribution in [0.2, 0.25) is 0 Å². The molecule has 7 nitrogen and oxygen atoms in total. The first-order valence-corrected chi connectivity index (χ1v) is 7.33. The first-order chi connectivity index (χ1) is 11.0. The lowest BCUT2D eigenvalue weighted by molar-refractivity contribution is -0.117. The molecule has 1 aliphatic rings. The predicted octanol–water partition coefficient (Wildman–Crippen LogP) is 1.46. The van der Waals surface area contributed by atoms with Gasteiger partial charge >= 0.3 is 0 Å². The number of nitrogens with zero attached hydrogens (tertiary/aromatic N) is 2. The maximum atomic E-state index is 12.1. The molecule has 23 heavy (non-hydrogen) atoms. The van der Waals surface area contributed by atoms with Gasteiger partial charge in [-0.05, 0) is 43.2 Å². The van der Waals surface area contributed by atoms with E-state index in [9.17, 15) is 14.4 Å². The smallest absolute Gasteiger partial charge is 0.276 e. The molecule has 7 heteroatoms. The van der Waals surface area contributed by atoms with E-state index in [4.69, 9.17) is 0 Å². The molecule has 1 aromatic carbocycles. The number of H-pyrrole nitrogens is 1. The van der Waals surface area contributed by atoms with Crippen LogP contribution in [0.5, 0.6) is 0 Å². The third kappa shape index (κ3) is 3.13. The number of hydrogen-bond acceptors (Lipinski definition) is 4. The largest absolute Gasteiger partial charge is 0.321 e. The van der Waals surface area contributed by atoms with Crippen LogP contribution in [0.25, 0.3) is 0 Å². The standard InChI is InChI=1S/C16H16N4O3/c1-10-9-11(4-6-13(10)20-8-2-3-15(20)22)17-16(23)12-5-7-14(21)19-18-12/h4-7,9H,2-3,8H2,1H3,(H,17,23)(H,19,21). The van der Waals surface area contributed by atoms with E-state index in [0.29, 0.717) is 12.1 Å². The molecule has 2 aromatic rings. The average Bonchev–Trinajstić information content (AvgIpc) is 2.94. The number of nitrogens with one attached hydrogen (secondary N) is 2. The minimum atomic E-state index is -0.411. The van der Waals surface area contributed by atoms with E-state index in [-0.39, 0.29) is 17.2 Å². The number of hydrogen-bond donors (Lipinski definition) is 2. The van der Waals surface area contributed by atoms with Gasteiger partial charge < -0.3 is 10.2 Å². The molecule has 118 valence electrons. The van der Waals surface area contributed by atoms with Crippen molar-refractivity contribution in [2.75, 3.05) is 16.8 Å². The van der Waals surface area contributed by atoms with Crippen LogP contribution >= 0.6 is 0 Å². The molecular formula is C16H16N4O3. The molecule has 1 saturated heterocycles. The van der Waals surface area contributed by atoms with Crippen molar-refractivity contribution < 1.29 is 9.59 Å². The van der Waals surface area contributed by atoms with Crippen molar-refractivity contribution in [2.24, 2.45) is 0 Å². The maximum absolute atomic E-state index is 12.1. The second kappa shape index (κ2) is 6.04. The zero-order chi connectivity index (χ0) is 16.4. The monoisotopic (exact) mass is 312 g/mol. The summed E-state index contributed by atoms with van der Waals surface area (Å²) in [6, 6.07) is 7.99. The number of rotatable bonds is 3. The van der Waals surface area contributed by atoms with Crippen molar-refractivity contribution in [1.29, 1.82) is 0 Å². The Hall–Kier alpha value is -2.96. The summed E-state index contributed by atoms with van der Waals surface area (Å²) in [6.45, 7) is 2.63. The Kier molecular flexibility index (Phi) is 3.92. The molecule has 0 bridgehead atoms. The summed E-state index contributed by atoms with van der Waals surface area (Å²) in [7, 11) is 0. The highest BCUT2D eigenvalue weighted by Crippen LogP contribution is 2.27. The Balaban J connectivity index is 1.77. The fourth-order valence-electron chi connectivity index (χ4n) is 2.60. The van der Waals surface area contributed by atoms with Gasteiger partial charge in [-0.3, -0.25) is 14.4 Å². The van der Waals surface area contributed by atoms with Crippen molar-refractivity contribution >= 4 is 23.2 Å². The lowest BCUT2D eigenvalue weighted by Crippen LogP contribution is -2.24. The van der Waals surface area contributed by atoms with E-state index in [1.165, 1.54) is 12.1 Å². The molecule has 0 saturated carbocycles.